The molecule has 0 amide bonds. The molecule has 1 aliphatic carbocycles. The fourth-order valence-corrected chi connectivity index (χ4v) is 2.25. The maximum absolute atomic E-state index is 11.8. The van der Waals surface area contributed by atoms with Crippen molar-refractivity contribution in [2.45, 2.75) is 13.3 Å². The fourth-order valence-electron chi connectivity index (χ4n) is 2.25. The van der Waals surface area contributed by atoms with Gasteiger partial charge in [0.25, 0.3) is 0 Å². The van der Waals surface area contributed by atoms with Crippen LogP contribution in [0.2, 0.25) is 0 Å². The van der Waals surface area contributed by atoms with Crippen LogP contribution < -0.4 is 0 Å². The van der Waals surface area contributed by atoms with E-state index in [1.54, 1.807) is 13.0 Å². The van der Waals surface area contributed by atoms with E-state index in [1.165, 1.54) is 27.4 Å². The van der Waals surface area contributed by atoms with Crippen molar-refractivity contribution >= 4 is 17.9 Å². The van der Waals surface area contributed by atoms with Crippen LogP contribution in [0.5, 0.6) is 0 Å². The molecule has 106 valence electrons. The first kappa shape index (κ1) is 15.2. The van der Waals surface area contributed by atoms with Crippen LogP contribution in [-0.2, 0) is 28.6 Å². The Hall–Kier alpha value is -1.85. The van der Waals surface area contributed by atoms with Crippen molar-refractivity contribution in [2.24, 2.45) is 17.3 Å². The number of rotatable bonds is 3. The van der Waals surface area contributed by atoms with Crippen LogP contribution in [0.25, 0.3) is 0 Å². The number of carbonyl (C=O) groups is 3. The Morgan fingerprint density at radius 1 is 1.05 bits per heavy atom. The van der Waals surface area contributed by atoms with Crippen molar-refractivity contribution in [3.63, 3.8) is 0 Å². The smallest absolute Gasteiger partial charge is 0.315 e. The van der Waals surface area contributed by atoms with E-state index in [0.29, 0.717) is 0 Å². The molecule has 0 bridgehead atoms. The van der Waals surface area contributed by atoms with E-state index >= 15 is 0 Å². The Balaban J connectivity index is 3.10. The molecule has 6 nitrogen and oxygen atoms in total. The molecule has 0 aliphatic heterocycles. The van der Waals surface area contributed by atoms with Crippen LogP contribution in [-0.4, -0.2) is 39.2 Å². The SMILES string of the molecule is COC(=O)[C@H]1C=C[C@@](C)(C(=O)OC)C[C@@H]1C(=O)OC. The van der Waals surface area contributed by atoms with Gasteiger partial charge in [-0.1, -0.05) is 12.2 Å². The highest BCUT2D eigenvalue weighted by molar-refractivity contribution is 5.87. The third kappa shape index (κ3) is 2.94. The first-order chi connectivity index (χ1) is 8.89. The molecule has 0 N–H and O–H groups in total. The molecule has 0 spiro atoms. The second-order valence-corrected chi connectivity index (χ2v) is 4.65. The van der Waals surface area contributed by atoms with E-state index in [9.17, 15) is 14.4 Å². The summed E-state index contributed by atoms with van der Waals surface area (Å²) >= 11 is 0. The molecular formula is C13H18O6. The molecule has 0 radical (unpaired) electrons. The molecule has 0 aromatic carbocycles. The minimum absolute atomic E-state index is 0.141. The van der Waals surface area contributed by atoms with Gasteiger partial charge in [-0.05, 0) is 13.3 Å². The lowest BCUT2D eigenvalue weighted by Gasteiger charge is -2.33. The predicted octanol–water partition coefficient (Wildman–Crippen LogP) is 0.704. The van der Waals surface area contributed by atoms with Crippen molar-refractivity contribution in [1.82, 2.24) is 0 Å². The van der Waals surface area contributed by atoms with Gasteiger partial charge in [0, 0.05) is 0 Å². The summed E-state index contributed by atoms with van der Waals surface area (Å²) < 4.78 is 14.1. The van der Waals surface area contributed by atoms with Gasteiger partial charge >= 0.3 is 17.9 Å². The van der Waals surface area contributed by atoms with Gasteiger partial charge in [-0.2, -0.15) is 0 Å². The summed E-state index contributed by atoms with van der Waals surface area (Å²) in [5.41, 5.74) is -0.946. The number of carbonyl (C=O) groups excluding carboxylic acids is 3. The summed E-state index contributed by atoms with van der Waals surface area (Å²) in [6.45, 7) is 1.65. The third-order valence-electron chi connectivity index (χ3n) is 3.38. The van der Waals surface area contributed by atoms with Crippen LogP contribution >= 0.6 is 0 Å². The van der Waals surface area contributed by atoms with Crippen molar-refractivity contribution < 1.29 is 28.6 Å². The van der Waals surface area contributed by atoms with Crippen LogP contribution in [0.15, 0.2) is 12.2 Å². The van der Waals surface area contributed by atoms with Gasteiger partial charge in [-0.25, -0.2) is 0 Å². The Labute approximate surface area is 111 Å². The van der Waals surface area contributed by atoms with Gasteiger partial charge in [0.2, 0.25) is 0 Å². The van der Waals surface area contributed by atoms with Crippen molar-refractivity contribution in [1.29, 1.82) is 0 Å². The van der Waals surface area contributed by atoms with Gasteiger partial charge in [-0.15, -0.1) is 0 Å². The van der Waals surface area contributed by atoms with E-state index in [4.69, 9.17) is 4.74 Å². The molecule has 3 atom stereocenters. The van der Waals surface area contributed by atoms with E-state index in [-0.39, 0.29) is 6.42 Å². The summed E-state index contributed by atoms with van der Waals surface area (Å²) in [6.07, 6.45) is 3.23. The highest BCUT2D eigenvalue weighted by atomic mass is 16.5. The maximum Gasteiger partial charge on any atom is 0.315 e. The number of hydrogen-bond acceptors (Lipinski definition) is 6. The molecule has 19 heavy (non-hydrogen) atoms. The maximum atomic E-state index is 11.8. The predicted molar refractivity (Wildman–Crippen MR) is 64.9 cm³/mol. The van der Waals surface area contributed by atoms with Gasteiger partial charge in [0.05, 0.1) is 38.6 Å². The zero-order valence-corrected chi connectivity index (χ0v) is 11.5. The third-order valence-corrected chi connectivity index (χ3v) is 3.38. The second kappa shape index (κ2) is 5.86. The van der Waals surface area contributed by atoms with Crippen LogP contribution in [0.4, 0.5) is 0 Å². The highest BCUT2D eigenvalue weighted by Gasteiger charge is 2.46. The number of methoxy groups -OCH3 is 3. The lowest BCUT2D eigenvalue weighted by atomic mass is 9.71. The lowest BCUT2D eigenvalue weighted by molar-refractivity contribution is -0.160. The molecule has 0 heterocycles. The average Bonchev–Trinajstić information content (AvgIpc) is 2.44. The first-order valence-electron chi connectivity index (χ1n) is 5.83. The topological polar surface area (TPSA) is 78.9 Å². The zero-order valence-electron chi connectivity index (χ0n) is 11.5. The number of ether oxygens (including phenoxy) is 3. The van der Waals surface area contributed by atoms with Gasteiger partial charge in [0.1, 0.15) is 0 Å². The zero-order chi connectivity index (χ0) is 14.6. The Morgan fingerprint density at radius 2 is 1.63 bits per heavy atom. The molecular weight excluding hydrogens is 252 g/mol. The van der Waals surface area contributed by atoms with Crippen molar-refractivity contribution in [2.75, 3.05) is 21.3 Å². The molecule has 0 aromatic heterocycles. The van der Waals surface area contributed by atoms with Gasteiger partial charge in [-0.3, -0.25) is 14.4 Å². The van der Waals surface area contributed by atoms with E-state index in [0.717, 1.165) is 0 Å². The first-order valence-corrected chi connectivity index (χ1v) is 5.83. The van der Waals surface area contributed by atoms with Crippen molar-refractivity contribution in [3.8, 4) is 0 Å². The fraction of sp³-hybridized carbons (Fsp3) is 0.615. The Morgan fingerprint density at radius 3 is 2.11 bits per heavy atom. The number of esters is 3. The standard InChI is InChI=1S/C13H18O6/c1-13(12(16)19-4)6-5-8(10(14)17-2)9(7-13)11(15)18-3/h5-6,8-9H,7H2,1-4H3/t8-,9-,13+/m0/s1. The summed E-state index contributed by atoms with van der Waals surface area (Å²) in [5.74, 6) is -3.03. The van der Waals surface area contributed by atoms with Crippen LogP contribution in [0, 0.1) is 17.3 Å². The van der Waals surface area contributed by atoms with E-state index in [2.05, 4.69) is 9.47 Å². The normalized spacial score (nSPS) is 29.5. The van der Waals surface area contributed by atoms with E-state index in [1.807, 2.05) is 0 Å². The minimum atomic E-state index is -0.946. The second-order valence-electron chi connectivity index (χ2n) is 4.65. The summed E-state index contributed by atoms with van der Waals surface area (Å²) in [5, 5.41) is 0. The van der Waals surface area contributed by atoms with Crippen molar-refractivity contribution in [3.05, 3.63) is 12.2 Å². The molecule has 0 saturated heterocycles. The lowest BCUT2D eigenvalue weighted by Crippen LogP contribution is -2.41. The molecule has 0 fully saturated rings. The summed E-state index contributed by atoms with van der Waals surface area (Å²) in [4.78, 5) is 35.2. The average molecular weight is 270 g/mol. The monoisotopic (exact) mass is 270 g/mol. The largest absolute Gasteiger partial charge is 0.469 e. The Bertz CT molecular complexity index is 413. The van der Waals surface area contributed by atoms with Crippen LogP contribution in [0.3, 0.4) is 0 Å². The summed E-state index contributed by atoms with van der Waals surface area (Å²) in [6, 6.07) is 0. The molecule has 0 saturated carbocycles. The molecule has 0 aromatic rings. The quantitative estimate of drug-likeness (QED) is 0.427. The van der Waals surface area contributed by atoms with Gasteiger partial charge < -0.3 is 14.2 Å². The Kier molecular flexibility index (Phi) is 4.69. The minimum Gasteiger partial charge on any atom is -0.469 e. The highest BCUT2D eigenvalue weighted by Crippen LogP contribution is 2.39. The summed E-state index contributed by atoms with van der Waals surface area (Å²) in [7, 11) is 3.77. The molecule has 0 unspecified atom stereocenters. The van der Waals surface area contributed by atoms with Gasteiger partial charge in [0.15, 0.2) is 0 Å². The molecule has 1 aliphatic rings. The molecule has 6 heteroatoms. The van der Waals surface area contributed by atoms with Crippen LogP contribution in [0.1, 0.15) is 13.3 Å². The molecule has 1 rings (SSSR count). The number of hydrogen-bond donors (Lipinski definition) is 0. The van der Waals surface area contributed by atoms with E-state index < -0.39 is 35.2 Å².